The van der Waals surface area contributed by atoms with Gasteiger partial charge in [0.1, 0.15) is 0 Å². The van der Waals surface area contributed by atoms with Gasteiger partial charge in [-0.3, -0.25) is 9.59 Å². The fraction of sp³-hybridized carbons (Fsp3) is 0.450. The van der Waals surface area contributed by atoms with Crippen molar-refractivity contribution in [3.8, 4) is 0 Å². The van der Waals surface area contributed by atoms with E-state index >= 15 is 0 Å². The molecule has 1 N–H and O–H groups in total. The predicted molar refractivity (Wildman–Crippen MR) is 110 cm³/mol. The molecule has 7 nitrogen and oxygen atoms in total. The molecule has 0 saturated heterocycles. The van der Waals surface area contributed by atoms with Crippen molar-refractivity contribution < 1.29 is 19.1 Å². The van der Waals surface area contributed by atoms with Crippen molar-refractivity contribution >= 4 is 46.1 Å². The van der Waals surface area contributed by atoms with E-state index < -0.39 is 0 Å². The van der Waals surface area contributed by atoms with Gasteiger partial charge in [0.25, 0.3) is 5.91 Å². The van der Waals surface area contributed by atoms with Gasteiger partial charge in [-0.2, -0.15) is 4.99 Å². The van der Waals surface area contributed by atoms with Crippen LogP contribution in [0.2, 0.25) is 0 Å². The number of hydrogen-bond acceptors (Lipinski definition) is 6. The van der Waals surface area contributed by atoms with Gasteiger partial charge in [0, 0.05) is 11.4 Å². The van der Waals surface area contributed by atoms with Crippen LogP contribution in [-0.4, -0.2) is 41.0 Å². The molecule has 1 atom stereocenters. The molecule has 1 aromatic rings. The number of nitrogens with one attached hydrogen (secondary N) is 1. The van der Waals surface area contributed by atoms with Crippen LogP contribution >= 0.6 is 11.8 Å². The van der Waals surface area contributed by atoms with E-state index in [1.165, 1.54) is 0 Å². The molecule has 1 aromatic carbocycles. The molecule has 8 heteroatoms. The minimum absolute atomic E-state index is 0.105. The summed E-state index contributed by atoms with van der Waals surface area (Å²) in [7, 11) is 0. The summed E-state index contributed by atoms with van der Waals surface area (Å²) in [4.78, 5) is 44.5. The molecule has 1 unspecified atom stereocenters. The third kappa shape index (κ3) is 5.28. The van der Waals surface area contributed by atoms with Crippen LogP contribution in [0.15, 0.2) is 34.3 Å². The Hall–Kier alpha value is -2.48. The van der Waals surface area contributed by atoms with Gasteiger partial charge in [0.05, 0.1) is 23.8 Å². The highest BCUT2D eigenvalue weighted by Crippen LogP contribution is 2.27. The predicted octanol–water partition coefficient (Wildman–Crippen LogP) is 3.45. The maximum absolute atomic E-state index is 12.2. The second-order valence-corrected chi connectivity index (χ2v) is 7.63. The molecule has 3 rings (SSSR count). The van der Waals surface area contributed by atoms with Gasteiger partial charge < -0.3 is 10.1 Å². The van der Waals surface area contributed by atoms with E-state index in [1.54, 1.807) is 24.3 Å². The maximum atomic E-state index is 12.2. The van der Waals surface area contributed by atoms with Gasteiger partial charge in [0.2, 0.25) is 5.91 Å². The summed E-state index contributed by atoms with van der Waals surface area (Å²) >= 11 is 1.16. The number of anilines is 1. The average Bonchev–Trinajstić information content (AvgIpc) is 2.71. The molecule has 0 radical (unpaired) electrons. The molecule has 2 aliphatic rings. The summed E-state index contributed by atoms with van der Waals surface area (Å²) < 4.78 is 5.07. The Kier molecular flexibility index (Phi) is 6.97. The molecule has 148 valence electrons. The maximum Gasteiger partial charge on any atom is 0.338 e. The Labute approximate surface area is 168 Å². The first kappa shape index (κ1) is 20.3. The minimum Gasteiger partial charge on any atom is -0.462 e. The standard InChI is InChI=1S/C20H23N3O4S/c1-2-11-27-19(26)13-7-9-14(10-8-13)21-17(24)12-28-20-22-16-6-4-3-5-15(16)18(25)23-20/h7-10,15H,2-6,11-12H2,1H3,(H,21,24). The number of aliphatic imine (C=N–C) groups is 2. The van der Waals surface area contributed by atoms with Gasteiger partial charge >= 0.3 is 5.97 Å². The quantitative estimate of drug-likeness (QED) is 0.736. The largest absolute Gasteiger partial charge is 0.462 e. The lowest BCUT2D eigenvalue weighted by molar-refractivity contribution is -0.120. The summed E-state index contributed by atoms with van der Waals surface area (Å²) in [6.07, 6.45) is 4.49. The number of hydrogen-bond donors (Lipinski definition) is 1. The highest BCUT2D eigenvalue weighted by Gasteiger charge is 2.30. The number of thioether (sulfide) groups is 1. The van der Waals surface area contributed by atoms with Gasteiger partial charge in [-0.15, -0.1) is 0 Å². The van der Waals surface area contributed by atoms with Crippen LogP contribution in [0.25, 0.3) is 0 Å². The molecular formula is C20H23N3O4S. The first-order chi connectivity index (χ1) is 13.6. The van der Waals surface area contributed by atoms with Crippen molar-refractivity contribution in [3.05, 3.63) is 29.8 Å². The van der Waals surface area contributed by atoms with E-state index in [1.807, 2.05) is 6.92 Å². The van der Waals surface area contributed by atoms with Crippen molar-refractivity contribution in [3.63, 3.8) is 0 Å². The normalized spacial score (nSPS) is 18.6. The highest BCUT2D eigenvalue weighted by molar-refractivity contribution is 8.14. The van der Waals surface area contributed by atoms with E-state index in [0.29, 0.717) is 23.0 Å². The third-order valence-electron chi connectivity index (χ3n) is 4.50. The number of amides is 2. The molecule has 1 aliphatic heterocycles. The topological polar surface area (TPSA) is 97.2 Å². The molecular weight excluding hydrogens is 378 g/mol. The molecule has 2 amide bonds. The third-order valence-corrected chi connectivity index (χ3v) is 5.34. The van der Waals surface area contributed by atoms with Crippen LogP contribution in [-0.2, 0) is 14.3 Å². The SMILES string of the molecule is CCCOC(=O)c1ccc(NC(=O)CSC2=NC(=O)C3CCCCC3=N2)cc1. The van der Waals surface area contributed by atoms with E-state index in [0.717, 1.165) is 49.6 Å². The zero-order valence-electron chi connectivity index (χ0n) is 15.8. The van der Waals surface area contributed by atoms with Crippen molar-refractivity contribution in [2.75, 3.05) is 17.7 Å². The van der Waals surface area contributed by atoms with E-state index in [-0.39, 0.29) is 29.5 Å². The number of nitrogens with zero attached hydrogens (tertiary/aromatic N) is 2. The van der Waals surface area contributed by atoms with E-state index in [9.17, 15) is 14.4 Å². The summed E-state index contributed by atoms with van der Waals surface area (Å²) in [6, 6.07) is 6.53. The first-order valence-electron chi connectivity index (χ1n) is 9.46. The van der Waals surface area contributed by atoms with Gasteiger partial charge in [-0.25, -0.2) is 9.79 Å². The van der Waals surface area contributed by atoms with Gasteiger partial charge in [-0.05, 0) is 49.9 Å². The summed E-state index contributed by atoms with van der Waals surface area (Å²) in [5, 5.41) is 3.12. The number of amidine groups is 1. The van der Waals surface area contributed by atoms with Crippen molar-refractivity contribution in [1.82, 2.24) is 0 Å². The zero-order valence-corrected chi connectivity index (χ0v) is 16.6. The molecule has 1 aliphatic carbocycles. The fourth-order valence-corrected chi connectivity index (χ4v) is 3.74. The smallest absolute Gasteiger partial charge is 0.338 e. The second kappa shape index (κ2) is 9.64. The lowest BCUT2D eigenvalue weighted by atomic mass is 9.86. The summed E-state index contributed by atoms with van der Waals surface area (Å²) in [5.74, 6) is -0.802. The Balaban J connectivity index is 1.50. The molecule has 28 heavy (non-hydrogen) atoms. The van der Waals surface area contributed by atoms with Crippen LogP contribution in [0, 0.1) is 5.92 Å². The number of ether oxygens (including phenoxy) is 1. The van der Waals surface area contributed by atoms with Crippen LogP contribution in [0.3, 0.4) is 0 Å². The number of rotatable bonds is 6. The average molecular weight is 401 g/mol. The lowest BCUT2D eigenvalue weighted by Crippen LogP contribution is -2.30. The van der Waals surface area contributed by atoms with Crippen LogP contribution in [0.1, 0.15) is 49.4 Å². The first-order valence-corrected chi connectivity index (χ1v) is 10.4. The Morgan fingerprint density at radius 3 is 2.75 bits per heavy atom. The molecule has 1 heterocycles. The highest BCUT2D eigenvalue weighted by atomic mass is 32.2. The van der Waals surface area contributed by atoms with Crippen LogP contribution in [0.4, 0.5) is 5.69 Å². The molecule has 0 spiro atoms. The molecule has 1 fully saturated rings. The second-order valence-electron chi connectivity index (χ2n) is 6.68. The lowest BCUT2D eigenvalue weighted by Gasteiger charge is -2.24. The molecule has 0 bridgehead atoms. The van der Waals surface area contributed by atoms with Gasteiger partial charge in [0.15, 0.2) is 5.17 Å². The van der Waals surface area contributed by atoms with Crippen LogP contribution in [0.5, 0.6) is 0 Å². The number of fused-ring (bicyclic) bond motifs is 1. The molecule has 1 saturated carbocycles. The number of carbonyl (C=O) groups is 3. The van der Waals surface area contributed by atoms with E-state index in [4.69, 9.17) is 4.74 Å². The minimum atomic E-state index is -0.379. The monoisotopic (exact) mass is 401 g/mol. The van der Waals surface area contributed by atoms with Gasteiger partial charge in [-0.1, -0.05) is 25.1 Å². The summed E-state index contributed by atoms with van der Waals surface area (Å²) in [6.45, 7) is 2.31. The van der Waals surface area contributed by atoms with Crippen molar-refractivity contribution in [1.29, 1.82) is 0 Å². The van der Waals surface area contributed by atoms with Crippen LogP contribution < -0.4 is 5.32 Å². The number of carbonyl (C=O) groups excluding carboxylic acids is 3. The summed E-state index contributed by atoms with van der Waals surface area (Å²) in [5.41, 5.74) is 1.92. The van der Waals surface area contributed by atoms with Crippen molar-refractivity contribution in [2.45, 2.75) is 39.0 Å². The van der Waals surface area contributed by atoms with E-state index in [2.05, 4.69) is 15.3 Å². The Morgan fingerprint density at radius 1 is 1.21 bits per heavy atom. The Morgan fingerprint density at radius 2 is 2.00 bits per heavy atom. The fourth-order valence-electron chi connectivity index (χ4n) is 3.07. The Bertz CT molecular complexity index is 817. The number of benzene rings is 1. The molecule has 0 aromatic heterocycles. The van der Waals surface area contributed by atoms with Crippen molar-refractivity contribution in [2.24, 2.45) is 15.9 Å². The number of esters is 1. The zero-order chi connectivity index (χ0) is 19.9.